The lowest BCUT2D eigenvalue weighted by molar-refractivity contribution is -0.136. The van der Waals surface area contributed by atoms with E-state index in [9.17, 15) is 13.2 Å². The predicted octanol–water partition coefficient (Wildman–Crippen LogP) is 3.17. The molecular weight excluding hydrogens is 412 g/mol. The Balaban J connectivity index is 1.60. The smallest absolute Gasteiger partial charge is 0.252 e. The fraction of sp³-hybridized carbons (Fsp3) is 0.688. The number of sulfonamides is 1. The molecule has 0 saturated carbocycles. The van der Waals surface area contributed by atoms with Crippen molar-refractivity contribution in [3.05, 3.63) is 15.9 Å². The van der Waals surface area contributed by atoms with Crippen molar-refractivity contribution in [2.75, 3.05) is 26.2 Å². The second-order valence-corrected chi connectivity index (χ2v) is 11.2. The summed E-state index contributed by atoms with van der Waals surface area (Å²) in [6, 6.07) is 3.41. The van der Waals surface area contributed by atoms with Crippen LogP contribution in [0.4, 0.5) is 0 Å². The number of halogens is 1. The molecule has 2 aliphatic rings. The van der Waals surface area contributed by atoms with Crippen molar-refractivity contribution in [1.29, 1.82) is 0 Å². The Kier molecular flexibility index (Phi) is 5.68. The largest absolute Gasteiger partial charge is 0.342 e. The molecule has 2 fully saturated rings. The van der Waals surface area contributed by atoms with Gasteiger partial charge in [0.25, 0.3) is 10.0 Å². The lowest BCUT2D eigenvalue weighted by Crippen LogP contribution is -2.43. The Bertz CT molecular complexity index is 690. The molecule has 2 aliphatic heterocycles. The standard InChI is InChI=1S/C16H23BrN2O3S2/c1-12(16(20)18-8-2-3-9-18)13-6-10-19(11-7-13)24(21,22)15-5-4-14(17)23-15/h4-5,12-13H,2-3,6-11H2,1H3. The summed E-state index contributed by atoms with van der Waals surface area (Å²) in [4.78, 5) is 14.5. The molecule has 0 spiro atoms. The summed E-state index contributed by atoms with van der Waals surface area (Å²) in [5.41, 5.74) is 0. The molecule has 1 atom stereocenters. The quantitative estimate of drug-likeness (QED) is 0.730. The van der Waals surface area contributed by atoms with Crippen LogP contribution in [0.3, 0.4) is 0 Å². The highest BCUT2D eigenvalue weighted by Gasteiger charge is 2.35. The van der Waals surface area contributed by atoms with Gasteiger partial charge in [-0.25, -0.2) is 8.42 Å². The highest BCUT2D eigenvalue weighted by Crippen LogP contribution is 2.33. The summed E-state index contributed by atoms with van der Waals surface area (Å²) in [7, 11) is -3.40. The third-order valence-corrected chi connectivity index (χ3v) is 9.15. The van der Waals surface area contributed by atoms with E-state index < -0.39 is 10.0 Å². The number of hydrogen-bond acceptors (Lipinski definition) is 4. The second kappa shape index (κ2) is 7.43. The zero-order chi connectivity index (χ0) is 17.3. The summed E-state index contributed by atoms with van der Waals surface area (Å²) < 4.78 is 28.1. The lowest BCUT2D eigenvalue weighted by atomic mass is 9.85. The molecule has 8 heteroatoms. The average Bonchev–Trinajstić information content (AvgIpc) is 3.25. The maximum absolute atomic E-state index is 12.7. The van der Waals surface area contributed by atoms with Gasteiger partial charge in [-0.2, -0.15) is 4.31 Å². The number of piperidine rings is 1. The van der Waals surface area contributed by atoms with Crippen LogP contribution in [0, 0.1) is 11.8 Å². The first kappa shape index (κ1) is 18.4. The molecule has 0 aliphatic carbocycles. The zero-order valence-electron chi connectivity index (χ0n) is 13.8. The van der Waals surface area contributed by atoms with E-state index in [1.54, 1.807) is 16.4 Å². The van der Waals surface area contributed by atoms with Crippen LogP contribution in [0.2, 0.25) is 0 Å². The van der Waals surface area contributed by atoms with Gasteiger partial charge in [0.15, 0.2) is 0 Å². The van der Waals surface area contributed by atoms with Gasteiger partial charge in [0.05, 0.1) is 3.79 Å². The number of likely N-dealkylation sites (tertiary alicyclic amines) is 1. The molecule has 1 amide bonds. The van der Waals surface area contributed by atoms with Crippen molar-refractivity contribution < 1.29 is 13.2 Å². The summed E-state index contributed by atoms with van der Waals surface area (Å²) in [6.45, 7) is 4.76. The van der Waals surface area contributed by atoms with E-state index in [-0.39, 0.29) is 17.7 Å². The monoisotopic (exact) mass is 434 g/mol. The Morgan fingerprint density at radius 3 is 2.38 bits per heavy atom. The van der Waals surface area contributed by atoms with Gasteiger partial charge in [-0.3, -0.25) is 4.79 Å². The fourth-order valence-corrected chi connectivity index (χ4v) is 7.24. The fourth-order valence-electron chi connectivity index (χ4n) is 3.61. The predicted molar refractivity (Wildman–Crippen MR) is 98.5 cm³/mol. The van der Waals surface area contributed by atoms with Crippen LogP contribution in [0.15, 0.2) is 20.1 Å². The molecule has 1 aromatic heterocycles. The molecule has 0 radical (unpaired) electrons. The topological polar surface area (TPSA) is 57.7 Å². The molecular formula is C16H23BrN2O3S2. The molecule has 0 N–H and O–H groups in total. The highest BCUT2D eigenvalue weighted by molar-refractivity contribution is 9.11. The highest BCUT2D eigenvalue weighted by atomic mass is 79.9. The van der Waals surface area contributed by atoms with E-state index in [2.05, 4.69) is 15.9 Å². The van der Waals surface area contributed by atoms with Crippen LogP contribution in [0.25, 0.3) is 0 Å². The third kappa shape index (κ3) is 3.71. The molecule has 24 heavy (non-hydrogen) atoms. The third-order valence-electron chi connectivity index (χ3n) is 5.16. The Hall–Kier alpha value is -0.440. The van der Waals surface area contributed by atoms with Crippen molar-refractivity contribution in [3.63, 3.8) is 0 Å². The Morgan fingerprint density at radius 1 is 1.21 bits per heavy atom. The molecule has 134 valence electrons. The van der Waals surface area contributed by atoms with Crippen molar-refractivity contribution in [3.8, 4) is 0 Å². The Morgan fingerprint density at radius 2 is 1.83 bits per heavy atom. The van der Waals surface area contributed by atoms with Crippen LogP contribution >= 0.6 is 27.3 Å². The van der Waals surface area contributed by atoms with Gasteiger partial charge in [0, 0.05) is 32.1 Å². The molecule has 2 saturated heterocycles. The van der Waals surface area contributed by atoms with Crippen LogP contribution in [0.5, 0.6) is 0 Å². The SMILES string of the molecule is CC(C(=O)N1CCCC1)C1CCN(S(=O)(=O)c2ccc(Br)s2)CC1. The van der Waals surface area contributed by atoms with E-state index >= 15 is 0 Å². The summed E-state index contributed by atoms with van der Waals surface area (Å²) in [5, 5.41) is 0. The van der Waals surface area contributed by atoms with E-state index in [1.165, 1.54) is 11.3 Å². The van der Waals surface area contributed by atoms with Gasteiger partial charge in [0.2, 0.25) is 5.91 Å². The van der Waals surface area contributed by atoms with Crippen molar-refractivity contribution in [2.45, 2.75) is 36.8 Å². The molecule has 1 unspecified atom stereocenters. The number of thiophene rings is 1. The zero-order valence-corrected chi connectivity index (χ0v) is 17.0. The van der Waals surface area contributed by atoms with Crippen molar-refractivity contribution in [1.82, 2.24) is 9.21 Å². The van der Waals surface area contributed by atoms with E-state index in [0.29, 0.717) is 17.3 Å². The number of rotatable bonds is 4. The minimum Gasteiger partial charge on any atom is -0.342 e. The summed E-state index contributed by atoms with van der Waals surface area (Å²) in [6.07, 6.45) is 3.72. The number of carbonyl (C=O) groups is 1. The summed E-state index contributed by atoms with van der Waals surface area (Å²) >= 11 is 4.56. The molecule has 3 rings (SSSR count). The average molecular weight is 435 g/mol. The minimum atomic E-state index is -3.40. The van der Waals surface area contributed by atoms with Gasteiger partial charge in [-0.05, 0) is 59.7 Å². The number of carbonyl (C=O) groups excluding carboxylic acids is 1. The molecule has 5 nitrogen and oxygen atoms in total. The van der Waals surface area contributed by atoms with Gasteiger partial charge >= 0.3 is 0 Å². The summed E-state index contributed by atoms with van der Waals surface area (Å²) in [5.74, 6) is 0.513. The number of amides is 1. The molecule has 0 aromatic carbocycles. The van der Waals surface area contributed by atoms with E-state index in [4.69, 9.17) is 0 Å². The lowest BCUT2D eigenvalue weighted by Gasteiger charge is -2.34. The van der Waals surface area contributed by atoms with Crippen molar-refractivity contribution in [2.24, 2.45) is 11.8 Å². The van der Waals surface area contributed by atoms with Crippen LogP contribution in [-0.2, 0) is 14.8 Å². The first-order chi connectivity index (χ1) is 11.4. The van der Waals surface area contributed by atoms with Gasteiger partial charge in [-0.1, -0.05) is 6.92 Å². The van der Waals surface area contributed by atoms with Crippen LogP contribution < -0.4 is 0 Å². The first-order valence-electron chi connectivity index (χ1n) is 8.44. The van der Waals surface area contributed by atoms with Gasteiger partial charge < -0.3 is 4.90 Å². The number of nitrogens with zero attached hydrogens (tertiary/aromatic N) is 2. The van der Waals surface area contributed by atoms with Crippen LogP contribution in [-0.4, -0.2) is 49.7 Å². The van der Waals surface area contributed by atoms with E-state index in [1.807, 2.05) is 11.8 Å². The second-order valence-electron chi connectivity index (χ2n) is 6.62. The Labute approximate surface area is 156 Å². The van der Waals surface area contributed by atoms with Gasteiger partial charge in [0.1, 0.15) is 4.21 Å². The molecule has 1 aromatic rings. The number of hydrogen-bond donors (Lipinski definition) is 0. The molecule has 3 heterocycles. The maximum Gasteiger partial charge on any atom is 0.252 e. The minimum absolute atomic E-state index is 0.0103. The molecule has 0 bridgehead atoms. The van der Waals surface area contributed by atoms with Gasteiger partial charge in [-0.15, -0.1) is 11.3 Å². The van der Waals surface area contributed by atoms with Crippen LogP contribution in [0.1, 0.15) is 32.6 Å². The van der Waals surface area contributed by atoms with Crippen molar-refractivity contribution >= 4 is 43.2 Å². The van der Waals surface area contributed by atoms with E-state index in [0.717, 1.165) is 42.6 Å². The maximum atomic E-state index is 12.7. The normalized spacial score (nSPS) is 22.0. The first-order valence-corrected chi connectivity index (χ1v) is 11.5.